The maximum atomic E-state index is 12.8. The molecular weight excluding hydrogens is 415 g/mol. The monoisotopic (exact) mass is 431 g/mol. The van der Waals surface area contributed by atoms with Gasteiger partial charge in [-0.1, -0.05) is 28.9 Å². The maximum Gasteiger partial charge on any atom is 0.416 e. The molecule has 0 aromatic heterocycles. The number of alkyl halides is 3. The van der Waals surface area contributed by atoms with Crippen LogP contribution >= 0.6 is 11.6 Å². The zero-order valence-electron chi connectivity index (χ0n) is 15.4. The first-order chi connectivity index (χ1) is 13.7. The summed E-state index contributed by atoms with van der Waals surface area (Å²) < 4.78 is 53.8. The van der Waals surface area contributed by atoms with Gasteiger partial charge in [0.2, 0.25) is 0 Å². The van der Waals surface area contributed by atoms with Gasteiger partial charge in [0.15, 0.2) is 6.10 Å². The van der Waals surface area contributed by atoms with E-state index in [4.69, 9.17) is 21.1 Å². The van der Waals surface area contributed by atoms with Crippen LogP contribution in [-0.2, 0) is 20.4 Å². The summed E-state index contributed by atoms with van der Waals surface area (Å²) in [7, 11) is 1.21. The van der Waals surface area contributed by atoms with E-state index in [0.29, 0.717) is 5.56 Å². The van der Waals surface area contributed by atoms with E-state index in [9.17, 15) is 23.2 Å². The second kappa shape index (κ2) is 9.62. The van der Waals surface area contributed by atoms with Gasteiger partial charge < -0.3 is 19.4 Å². The predicted molar refractivity (Wildman–Crippen MR) is 98.7 cm³/mol. The minimum Gasteiger partial charge on any atom is -0.467 e. The van der Waals surface area contributed by atoms with E-state index in [1.54, 1.807) is 18.2 Å². The average molecular weight is 432 g/mol. The van der Waals surface area contributed by atoms with Crippen molar-refractivity contribution >= 4 is 23.3 Å². The van der Waals surface area contributed by atoms with Crippen molar-refractivity contribution in [2.75, 3.05) is 13.7 Å². The molecule has 1 unspecified atom stereocenters. The molecule has 0 spiro atoms. The van der Waals surface area contributed by atoms with Gasteiger partial charge in [-0.15, -0.1) is 0 Å². The van der Waals surface area contributed by atoms with Crippen LogP contribution in [0.3, 0.4) is 0 Å². The Bertz CT molecular complexity index is 902. The number of para-hydroxylation sites is 1. The number of oxime groups is 1. The molecule has 0 amide bonds. The van der Waals surface area contributed by atoms with Crippen LogP contribution in [0.5, 0.6) is 11.5 Å². The molecule has 6 nitrogen and oxygen atoms in total. The summed E-state index contributed by atoms with van der Waals surface area (Å²) in [6, 6.07) is 8.99. The van der Waals surface area contributed by atoms with Crippen molar-refractivity contribution in [1.29, 1.82) is 0 Å². The van der Waals surface area contributed by atoms with Crippen LogP contribution in [0.1, 0.15) is 18.1 Å². The molecule has 29 heavy (non-hydrogen) atoms. The van der Waals surface area contributed by atoms with Gasteiger partial charge in [-0.05, 0) is 37.3 Å². The fourth-order valence-electron chi connectivity index (χ4n) is 2.27. The van der Waals surface area contributed by atoms with Crippen LogP contribution in [0.2, 0.25) is 5.02 Å². The Kier molecular flexibility index (Phi) is 7.46. The lowest BCUT2D eigenvalue weighted by Gasteiger charge is -2.15. The van der Waals surface area contributed by atoms with Gasteiger partial charge in [0, 0.05) is 5.56 Å². The summed E-state index contributed by atoms with van der Waals surface area (Å²) in [4.78, 5) is 11.4. The Hall–Kier alpha value is -2.78. The van der Waals surface area contributed by atoms with Gasteiger partial charge >= 0.3 is 12.1 Å². The molecule has 10 heteroatoms. The van der Waals surface area contributed by atoms with Crippen molar-refractivity contribution < 1.29 is 37.4 Å². The van der Waals surface area contributed by atoms with E-state index >= 15 is 0 Å². The highest BCUT2D eigenvalue weighted by molar-refractivity contribution is 6.32. The van der Waals surface area contributed by atoms with Gasteiger partial charge in [0.1, 0.15) is 17.2 Å². The zero-order valence-corrected chi connectivity index (χ0v) is 16.1. The molecule has 0 heterocycles. The Morgan fingerprint density at radius 1 is 1.21 bits per heavy atom. The van der Waals surface area contributed by atoms with Gasteiger partial charge in [-0.25, -0.2) is 4.79 Å². The molecule has 1 atom stereocenters. The fourth-order valence-corrected chi connectivity index (χ4v) is 2.49. The minimum atomic E-state index is -4.54. The van der Waals surface area contributed by atoms with Crippen molar-refractivity contribution in [1.82, 2.24) is 0 Å². The zero-order chi connectivity index (χ0) is 21.6. The van der Waals surface area contributed by atoms with Crippen LogP contribution in [-0.4, -0.2) is 36.7 Å². The Balaban J connectivity index is 2.25. The maximum absolute atomic E-state index is 12.8. The third-order valence-electron chi connectivity index (χ3n) is 3.80. The number of methoxy groups -OCH3 is 1. The standard InChI is InChI=1S/C19H17ClF3NO5/c1-11(18(25)27-2)28-10-15(24-26)13-5-3-4-6-16(13)29-17-8-7-12(9-14(17)20)19(21,22)23/h3-9,11,26H,10H2,1-2H3/b24-15+. The van der Waals surface area contributed by atoms with Crippen LogP contribution < -0.4 is 4.74 Å². The topological polar surface area (TPSA) is 77.4 Å². The smallest absolute Gasteiger partial charge is 0.416 e. The quantitative estimate of drug-likeness (QED) is 0.292. The van der Waals surface area contributed by atoms with Crippen LogP contribution in [0, 0.1) is 0 Å². The first-order valence-corrected chi connectivity index (χ1v) is 8.59. The Labute approximate surface area is 169 Å². The number of benzene rings is 2. The SMILES string of the molecule is COC(=O)C(C)OC/C(=N\O)c1ccccc1Oc1ccc(C(F)(F)F)cc1Cl. The molecule has 0 aliphatic heterocycles. The Morgan fingerprint density at radius 3 is 2.48 bits per heavy atom. The van der Waals surface area contributed by atoms with E-state index < -0.39 is 23.8 Å². The number of esters is 1. The highest BCUT2D eigenvalue weighted by atomic mass is 35.5. The van der Waals surface area contributed by atoms with E-state index in [-0.39, 0.29) is 28.8 Å². The van der Waals surface area contributed by atoms with E-state index in [1.807, 2.05) is 0 Å². The normalized spacial score (nSPS) is 13.1. The number of ether oxygens (including phenoxy) is 3. The molecule has 0 aliphatic carbocycles. The van der Waals surface area contributed by atoms with Crippen molar-refractivity contribution in [2.24, 2.45) is 5.16 Å². The summed E-state index contributed by atoms with van der Waals surface area (Å²) in [5, 5.41) is 12.3. The molecule has 2 aromatic rings. The largest absolute Gasteiger partial charge is 0.467 e. The number of hydrogen-bond acceptors (Lipinski definition) is 6. The third kappa shape index (κ3) is 5.85. The van der Waals surface area contributed by atoms with Crippen LogP contribution in [0.25, 0.3) is 0 Å². The van der Waals surface area contributed by atoms with Gasteiger partial charge in [0.05, 0.1) is 24.3 Å². The molecule has 2 aromatic carbocycles. The van der Waals surface area contributed by atoms with Gasteiger partial charge in [-0.2, -0.15) is 13.2 Å². The van der Waals surface area contributed by atoms with Crippen molar-refractivity contribution in [3.05, 3.63) is 58.6 Å². The molecule has 0 aliphatic rings. The second-order valence-corrected chi connectivity index (χ2v) is 6.17. The number of hydrogen-bond donors (Lipinski definition) is 1. The third-order valence-corrected chi connectivity index (χ3v) is 4.10. The highest BCUT2D eigenvalue weighted by Gasteiger charge is 2.31. The lowest BCUT2D eigenvalue weighted by Crippen LogP contribution is -2.25. The van der Waals surface area contributed by atoms with E-state index in [0.717, 1.165) is 18.2 Å². The van der Waals surface area contributed by atoms with E-state index in [2.05, 4.69) is 9.89 Å². The second-order valence-electron chi connectivity index (χ2n) is 5.76. The molecular formula is C19H17ClF3NO5. The number of carbonyl (C=O) groups excluding carboxylic acids is 1. The first kappa shape index (κ1) is 22.5. The number of rotatable bonds is 7. The number of nitrogens with zero attached hydrogens (tertiary/aromatic N) is 1. The molecule has 0 fully saturated rings. The lowest BCUT2D eigenvalue weighted by atomic mass is 10.1. The van der Waals surface area contributed by atoms with Crippen LogP contribution in [0.15, 0.2) is 47.6 Å². The van der Waals surface area contributed by atoms with Gasteiger partial charge in [-0.3, -0.25) is 0 Å². The predicted octanol–water partition coefficient (Wildman–Crippen LogP) is 4.91. The fraction of sp³-hybridized carbons (Fsp3) is 0.263. The van der Waals surface area contributed by atoms with E-state index in [1.165, 1.54) is 20.1 Å². The van der Waals surface area contributed by atoms with Crippen molar-refractivity contribution in [3.63, 3.8) is 0 Å². The van der Waals surface area contributed by atoms with Gasteiger partial charge in [0.25, 0.3) is 0 Å². The number of carbonyl (C=O) groups is 1. The summed E-state index contributed by atoms with van der Waals surface area (Å²) in [5.41, 5.74) is -0.589. The Morgan fingerprint density at radius 2 is 1.90 bits per heavy atom. The van der Waals surface area contributed by atoms with Crippen molar-refractivity contribution in [2.45, 2.75) is 19.2 Å². The molecule has 0 saturated carbocycles. The summed E-state index contributed by atoms with van der Waals surface area (Å²) >= 11 is 5.92. The minimum absolute atomic E-state index is 0.0201. The average Bonchev–Trinajstić information content (AvgIpc) is 2.69. The molecule has 0 bridgehead atoms. The molecule has 0 saturated heterocycles. The molecule has 1 N–H and O–H groups in total. The van der Waals surface area contributed by atoms with Crippen molar-refractivity contribution in [3.8, 4) is 11.5 Å². The highest BCUT2D eigenvalue weighted by Crippen LogP contribution is 2.37. The number of halogens is 4. The molecule has 156 valence electrons. The lowest BCUT2D eigenvalue weighted by molar-refractivity contribution is -0.151. The van der Waals surface area contributed by atoms with Crippen LogP contribution in [0.4, 0.5) is 13.2 Å². The summed E-state index contributed by atoms with van der Waals surface area (Å²) in [6.07, 6.45) is -5.45. The summed E-state index contributed by atoms with van der Waals surface area (Å²) in [6.45, 7) is 1.21. The molecule has 2 rings (SSSR count). The first-order valence-electron chi connectivity index (χ1n) is 8.21. The summed E-state index contributed by atoms with van der Waals surface area (Å²) in [5.74, 6) is -0.465. The molecule has 0 radical (unpaired) electrons.